The first kappa shape index (κ1) is 14.0. The minimum atomic E-state index is -0.317. The molecule has 2 aliphatic rings. The summed E-state index contributed by atoms with van der Waals surface area (Å²) >= 11 is 0. The Kier molecular flexibility index (Phi) is 3.62. The number of primary amides is 1. The van der Waals surface area contributed by atoms with Crippen LogP contribution in [0.4, 0.5) is 0 Å². The van der Waals surface area contributed by atoms with E-state index in [9.17, 15) is 9.59 Å². The number of aromatic nitrogens is 3. The van der Waals surface area contributed by atoms with Gasteiger partial charge in [-0.1, -0.05) is 0 Å². The Morgan fingerprint density at radius 3 is 2.81 bits per heavy atom. The maximum atomic E-state index is 11.5. The second kappa shape index (κ2) is 5.44. The van der Waals surface area contributed by atoms with Crippen LogP contribution in [0, 0.1) is 0 Å². The predicted molar refractivity (Wildman–Crippen MR) is 73.9 cm³/mol. The molecular formula is C13H20N6O2. The molecule has 2 amide bonds. The second-order valence-electron chi connectivity index (χ2n) is 5.66. The van der Waals surface area contributed by atoms with Gasteiger partial charge in [0.15, 0.2) is 11.6 Å². The van der Waals surface area contributed by atoms with Crippen molar-refractivity contribution in [3.8, 4) is 0 Å². The van der Waals surface area contributed by atoms with Gasteiger partial charge in [-0.15, -0.1) is 10.2 Å². The highest BCUT2D eigenvalue weighted by molar-refractivity contribution is 5.76. The highest BCUT2D eigenvalue weighted by Crippen LogP contribution is 2.31. The Hall–Kier alpha value is -1.96. The molecule has 3 rings (SSSR count). The lowest BCUT2D eigenvalue weighted by atomic mass is 10.2. The van der Waals surface area contributed by atoms with E-state index in [4.69, 9.17) is 5.73 Å². The van der Waals surface area contributed by atoms with Gasteiger partial charge in [0, 0.05) is 20.0 Å². The molecule has 2 aliphatic heterocycles. The third-order valence-corrected chi connectivity index (χ3v) is 4.25. The summed E-state index contributed by atoms with van der Waals surface area (Å²) in [7, 11) is 0. The topological polar surface area (TPSA) is 97.3 Å². The minimum Gasteiger partial charge on any atom is -0.369 e. The van der Waals surface area contributed by atoms with Crippen molar-refractivity contribution in [2.24, 2.45) is 5.73 Å². The summed E-state index contributed by atoms with van der Waals surface area (Å²) in [6.45, 7) is 4.57. The third-order valence-electron chi connectivity index (χ3n) is 4.25. The maximum Gasteiger partial charge on any atom is 0.231 e. The molecule has 1 fully saturated rings. The van der Waals surface area contributed by atoms with Crippen LogP contribution in [0.1, 0.15) is 37.5 Å². The van der Waals surface area contributed by atoms with Crippen LogP contribution in [0.15, 0.2) is 0 Å². The number of nitrogens with zero attached hydrogens (tertiary/aromatic N) is 5. The number of carbonyl (C=O) groups is 2. The molecule has 21 heavy (non-hydrogen) atoms. The van der Waals surface area contributed by atoms with Gasteiger partial charge in [-0.25, -0.2) is 0 Å². The monoisotopic (exact) mass is 292 g/mol. The maximum absolute atomic E-state index is 11.5. The van der Waals surface area contributed by atoms with E-state index in [0.717, 1.165) is 31.0 Å². The Morgan fingerprint density at radius 1 is 1.29 bits per heavy atom. The fourth-order valence-corrected chi connectivity index (χ4v) is 3.20. The SMILES string of the molecule is CC(=O)N1CCn2c(nnc2C2CCCN2CC(N)=O)C1. The van der Waals surface area contributed by atoms with Crippen molar-refractivity contribution < 1.29 is 9.59 Å². The Balaban J connectivity index is 1.81. The minimum absolute atomic E-state index is 0.0574. The first-order valence-electron chi connectivity index (χ1n) is 7.26. The van der Waals surface area contributed by atoms with Crippen LogP contribution in [0.25, 0.3) is 0 Å². The smallest absolute Gasteiger partial charge is 0.231 e. The van der Waals surface area contributed by atoms with Crippen molar-refractivity contribution in [2.45, 2.75) is 38.9 Å². The van der Waals surface area contributed by atoms with E-state index in [1.165, 1.54) is 0 Å². The summed E-state index contributed by atoms with van der Waals surface area (Å²) in [4.78, 5) is 26.5. The highest BCUT2D eigenvalue weighted by Gasteiger charge is 2.33. The molecule has 3 heterocycles. The van der Waals surface area contributed by atoms with E-state index < -0.39 is 0 Å². The molecule has 1 unspecified atom stereocenters. The Labute approximate surface area is 122 Å². The van der Waals surface area contributed by atoms with Crippen LogP contribution in [0.3, 0.4) is 0 Å². The molecule has 0 saturated carbocycles. The van der Waals surface area contributed by atoms with Gasteiger partial charge in [-0.05, 0) is 19.4 Å². The van der Waals surface area contributed by atoms with E-state index >= 15 is 0 Å². The van der Waals surface area contributed by atoms with Gasteiger partial charge >= 0.3 is 0 Å². The van der Waals surface area contributed by atoms with E-state index in [-0.39, 0.29) is 24.4 Å². The van der Waals surface area contributed by atoms with Gasteiger partial charge in [-0.3, -0.25) is 14.5 Å². The van der Waals surface area contributed by atoms with Crippen LogP contribution in [-0.4, -0.2) is 56.0 Å². The number of hydrogen-bond donors (Lipinski definition) is 1. The van der Waals surface area contributed by atoms with E-state index in [2.05, 4.69) is 19.7 Å². The zero-order valence-electron chi connectivity index (χ0n) is 12.2. The standard InChI is InChI=1S/C13H20N6O2/c1-9(20)17-5-6-19-12(8-17)15-16-13(19)10-3-2-4-18(10)7-11(14)21/h10H,2-8H2,1H3,(H2,14,21). The van der Waals surface area contributed by atoms with Crippen molar-refractivity contribution in [1.82, 2.24) is 24.6 Å². The fourth-order valence-electron chi connectivity index (χ4n) is 3.20. The van der Waals surface area contributed by atoms with Crippen LogP contribution in [-0.2, 0) is 22.7 Å². The average molecular weight is 292 g/mol. The largest absolute Gasteiger partial charge is 0.369 e. The van der Waals surface area contributed by atoms with Crippen molar-refractivity contribution >= 4 is 11.8 Å². The molecule has 0 spiro atoms. The van der Waals surface area contributed by atoms with Crippen LogP contribution < -0.4 is 5.73 Å². The summed E-state index contributed by atoms with van der Waals surface area (Å²) in [5.41, 5.74) is 5.31. The zero-order valence-corrected chi connectivity index (χ0v) is 12.2. The lowest BCUT2D eigenvalue weighted by Gasteiger charge is -2.29. The quantitative estimate of drug-likeness (QED) is 0.791. The molecular weight excluding hydrogens is 272 g/mol. The summed E-state index contributed by atoms with van der Waals surface area (Å²) in [5.74, 6) is 1.45. The van der Waals surface area contributed by atoms with E-state index in [0.29, 0.717) is 19.6 Å². The first-order chi connectivity index (χ1) is 10.1. The van der Waals surface area contributed by atoms with Gasteiger partial charge < -0.3 is 15.2 Å². The molecule has 8 heteroatoms. The zero-order chi connectivity index (χ0) is 15.0. The van der Waals surface area contributed by atoms with Crippen molar-refractivity contribution in [3.05, 3.63) is 11.6 Å². The fraction of sp³-hybridized carbons (Fsp3) is 0.692. The number of rotatable bonds is 3. The highest BCUT2D eigenvalue weighted by atomic mass is 16.2. The summed E-state index contributed by atoms with van der Waals surface area (Å²) < 4.78 is 2.09. The number of carbonyl (C=O) groups excluding carboxylic acids is 2. The first-order valence-corrected chi connectivity index (χ1v) is 7.26. The number of amides is 2. The van der Waals surface area contributed by atoms with Crippen molar-refractivity contribution in [2.75, 3.05) is 19.6 Å². The normalized spacial score (nSPS) is 22.3. The van der Waals surface area contributed by atoms with Crippen LogP contribution in [0.5, 0.6) is 0 Å². The molecule has 1 aromatic rings. The molecule has 1 aromatic heterocycles. The molecule has 0 radical (unpaired) electrons. The van der Waals surface area contributed by atoms with Gasteiger partial charge in [-0.2, -0.15) is 0 Å². The average Bonchev–Trinajstić information content (AvgIpc) is 3.03. The summed E-state index contributed by atoms with van der Waals surface area (Å²) in [6.07, 6.45) is 1.99. The number of hydrogen-bond acceptors (Lipinski definition) is 5. The molecule has 0 aromatic carbocycles. The molecule has 1 saturated heterocycles. The summed E-state index contributed by atoms with van der Waals surface area (Å²) in [5, 5.41) is 8.54. The Bertz CT molecular complexity index is 569. The number of likely N-dealkylation sites (tertiary alicyclic amines) is 1. The van der Waals surface area contributed by atoms with Crippen LogP contribution >= 0.6 is 0 Å². The Morgan fingerprint density at radius 2 is 2.10 bits per heavy atom. The lowest BCUT2D eigenvalue weighted by molar-refractivity contribution is -0.130. The number of nitrogens with two attached hydrogens (primary N) is 1. The summed E-state index contributed by atoms with van der Waals surface area (Å²) in [6, 6.07) is 0.0997. The van der Waals surface area contributed by atoms with Crippen LogP contribution in [0.2, 0.25) is 0 Å². The van der Waals surface area contributed by atoms with Gasteiger partial charge in [0.05, 0.1) is 19.1 Å². The van der Waals surface area contributed by atoms with Gasteiger partial charge in [0.25, 0.3) is 0 Å². The van der Waals surface area contributed by atoms with Crippen molar-refractivity contribution in [1.29, 1.82) is 0 Å². The lowest BCUT2D eigenvalue weighted by Crippen LogP contribution is -2.39. The molecule has 1 atom stereocenters. The van der Waals surface area contributed by atoms with Gasteiger partial charge in [0.1, 0.15) is 0 Å². The molecule has 0 aliphatic carbocycles. The second-order valence-corrected chi connectivity index (χ2v) is 5.66. The predicted octanol–water partition coefficient (Wildman–Crippen LogP) is -0.738. The number of fused-ring (bicyclic) bond motifs is 1. The third kappa shape index (κ3) is 2.63. The molecule has 114 valence electrons. The molecule has 0 bridgehead atoms. The molecule has 8 nitrogen and oxygen atoms in total. The van der Waals surface area contributed by atoms with E-state index in [1.807, 2.05) is 0 Å². The van der Waals surface area contributed by atoms with E-state index in [1.54, 1.807) is 11.8 Å². The molecule has 2 N–H and O–H groups in total. The van der Waals surface area contributed by atoms with Gasteiger partial charge in [0.2, 0.25) is 11.8 Å². The van der Waals surface area contributed by atoms with Crippen molar-refractivity contribution in [3.63, 3.8) is 0 Å².